The third-order valence-corrected chi connectivity index (χ3v) is 4.65. The van der Waals surface area contributed by atoms with Crippen LogP contribution in [0.15, 0.2) is 18.2 Å². The topological polar surface area (TPSA) is 3.24 Å². The molecule has 0 aromatic heterocycles. The van der Waals surface area contributed by atoms with Crippen LogP contribution in [0.4, 0.5) is 5.69 Å². The summed E-state index contributed by atoms with van der Waals surface area (Å²) in [6.45, 7) is 0. The van der Waals surface area contributed by atoms with Crippen LogP contribution in [-0.2, 0) is 5.33 Å². The van der Waals surface area contributed by atoms with Crippen molar-refractivity contribution < 1.29 is 0 Å². The van der Waals surface area contributed by atoms with Gasteiger partial charge < -0.3 is 4.90 Å². The average molecular weight is 317 g/mol. The molecule has 0 aliphatic heterocycles. The van der Waals surface area contributed by atoms with E-state index in [1.807, 2.05) is 12.1 Å². The molecule has 0 heterocycles. The summed E-state index contributed by atoms with van der Waals surface area (Å²) in [6.07, 6.45) is 6.74. The van der Waals surface area contributed by atoms with Gasteiger partial charge in [-0.25, -0.2) is 0 Å². The second-order valence-corrected chi connectivity index (χ2v) is 5.74. The van der Waals surface area contributed by atoms with E-state index >= 15 is 0 Å². The van der Waals surface area contributed by atoms with E-state index in [1.54, 1.807) is 0 Å². The Balaban J connectivity index is 2.23. The van der Waals surface area contributed by atoms with Crippen LogP contribution in [0.1, 0.15) is 37.7 Å². The molecule has 3 heteroatoms. The second-order valence-electron chi connectivity index (χ2n) is 4.77. The molecule has 2 rings (SSSR count). The summed E-state index contributed by atoms with van der Waals surface area (Å²) in [5.74, 6) is 0. The molecular weight excluding hydrogens is 298 g/mol. The Morgan fingerprint density at radius 2 is 2.00 bits per heavy atom. The minimum Gasteiger partial charge on any atom is -0.371 e. The van der Waals surface area contributed by atoms with Crippen molar-refractivity contribution >= 4 is 33.2 Å². The number of alkyl halides is 1. The number of benzene rings is 1. The maximum absolute atomic E-state index is 6.26. The molecule has 1 saturated carbocycles. The molecule has 1 aliphatic rings. The molecule has 0 atom stereocenters. The van der Waals surface area contributed by atoms with E-state index in [0.29, 0.717) is 6.04 Å². The Kier molecular flexibility index (Phi) is 4.75. The van der Waals surface area contributed by atoms with Crippen LogP contribution in [0.5, 0.6) is 0 Å². The van der Waals surface area contributed by atoms with Crippen LogP contribution in [0.3, 0.4) is 0 Å². The molecule has 0 radical (unpaired) electrons. The van der Waals surface area contributed by atoms with E-state index in [-0.39, 0.29) is 0 Å². The fourth-order valence-electron chi connectivity index (χ4n) is 2.68. The standard InChI is InChI=1S/C14H19BrClN/c1-17(11-6-3-2-4-7-11)14-9-5-8-13(16)12(14)10-15/h5,8-9,11H,2-4,6-7,10H2,1H3. The largest absolute Gasteiger partial charge is 0.371 e. The Morgan fingerprint density at radius 3 is 2.65 bits per heavy atom. The Morgan fingerprint density at radius 1 is 1.29 bits per heavy atom. The molecule has 0 N–H and O–H groups in total. The molecule has 17 heavy (non-hydrogen) atoms. The van der Waals surface area contributed by atoms with Crippen molar-refractivity contribution in [2.24, 2.45) is 0 Å². The lowest BCUT2D eigenvalue weighted by Crippen LogP contribution is -2.33. The van der Waals surface area contributed by atoms with E-state index in [1.165, 1.54) is 43.4 Å². The van der Waals surface area contributed by atoms with Gasteiger partial charge in [0, 0.05) is 34.7 Å². The van der Waals surface area contributed by atoms with E-state index in [4.69, 9.17) is 11.6 Å². The molecule has 1 nitrogen and oxygen atoms in total. The maximum Gasteiger partial charge on any atom is 0.0467 e. The van der Waals surface area contributed by atoms with Gasteiger partial charge in [0.1, 0.15) is 0 Å². The quantitative estimate of drug-likeness (QED) is 0.709. The number of anilines is 1. The first-order valence-corrected chi connectivity index (χ1v) is 7.80. The summed E-state index contributed by atoms with van der Waals surface area (Å²) in [4.78, 5) is 2.42. The lowest BCUT2D eigenvalue weighted by atomic mass is 9.94. The number of halogens is 2. The number of rotatable bonds is 3. The zero-order valence-electron chi connectivity index (χ0n) is 10.3. The van der Waals surface area contributed by atoms with Gasteiger partial charge in [-0.15, -0.1) is 0 Å². The average Bonchev–Trinajstić information content (AvgIpc) is 2.38. The SMILES string of the molecule is CN(c1cccc(Cl)c1CBr)C1CCCCC1. The van der Waals surface area contributed by atoms with Crippen LogP contribution < -0.4 is 4.90 Å². The molecule has 0 amide bonds. The van der Waals surface area contributed by atoms with Crippen molar-refractivity contribution in [2.75, 3.05) is 11.9 Å². The highest BCUT2D eigenvalue weighted by Crippen LogP contribution is 2.33. The summed E-state index contributed by atoms with van der Waals surface area (Å²) in [5.41, 5.74) is 2.49. The molecule has 1 aliphatic carbocycles. The highest BCUT2D eigenvalue weighted by Gasteiger charge is 2.20. The number of nitrogens with zero attached hydrogens (tertiary/aromatic N) is 1. The zero-order chi connectivity index (χ0) is 12.3. The molecule has 1 fully saturated rings. The number of hydrogen-bond acceptors (Lipinski definition) is 1. The first-order chi connectivity index (χ1) is 8.24. The van der Waals surface area contributed by atoms with Crippen LogP contribution in [0, 0.1) is 0 Å². The van der Waals surface area contributed by atoms with Crippen molar-refractivity contribution in [3.05, 3.63) is 28.8 Å². The van der Waals surface area contributed by atoms with Gasteiger partial charge in [-0.3, -0.25) is 0 Å². The third kappa shape index (κ3) is 2.97. The molecule has 0 saturated heterocycles. The monoisotopic (exact) mass is 315 g/mol. The molecular formula is C14H19BrClN. The van der Waals surface area contributed by atoms with Crippen LogP contribution in [0.2, 0.25) is 5.02 Å². The zero-order valence-corrected chi connectivity index (χ0v) is 12.6. The molecule has 0 unspecified atom stereocenters. The summed E-state index contributed by atoms with van der Waals surface area (Å²) in [6, 6.07) is 6.87. The molecule has 94 valence electrons. The highest BCUT2D eigenvalue weighted by molar-refractivity contribution is 9.08. The third-order valence-electron chi connectivity index (χ3n) is 3.73. The second kappa shape index (κ2) is 6.10. The summed E-state index contributed by atoms with van der Waals surface area (Å²) < 4.78 is 0. The van der Waals surface area contributed by atoms with Crippen molar-refractivity contribution in [3.63, 3.8) is 0 Å². The van der Waals surface area contributed by atoms with Gasteiger partial charge in [0.15, 0.2) is 0 Å². The van der Waals surface area contributed by atoms with Crippen LogP contribution in [0.25, 0.3) is 0 Å². The fraction of sp³-hybridized carbons (Fsp3) is 0.571. The van der Waals surface area contributed by atoms with Gasteiger partial charge in [-0.2, -0.15) is 0 Å². The Hall–Kier alpha value is -0.210. The van der Waals surface area contributed by atoms with Crippen LogP contribution in [-0.4, -0.2) is 13.1 Å². The fourth-order valence-corrected chi connectivity index (χ4v) is 3.66. The lowest BCUT2D eigenvalue weighted by Gasteiger charge is -2.34. The summed E-state index contributed by atoms with van der Waals surface area (Å²) in [5, 5.41) is 1.68. The maximum atomic E-state index is 6.26. The number of hydrogen-bond donors (Lipinski definition) is 0. The first kappa shape index (κ1) is 13.2. The highest BCUT2D eigenvalue weighted by atomic mass is 79.9. The Labute approximate surface area is 117 Å². The molecule has 1 aromatic rings. The van der Waals surface area contributed by atoms with Gasteiger partial charge in [-0.1, -0.05) is 52.9 Å². The van der Waals surface area contributed by atoms with Gasteiger partial charge in [0.25, 0.3) is 0 Å². The normalized spacial score (nSPS) is 17.1. The van der Waals surface area contributed by atoms with Gasteiger partial charge in [0.2, 0.25) is 0 Å². The van der Waals surface area contributed by atoms with E-state index in [2.05, 4.69) is 33.9 Å². The van der Waals surface area contributed by atoms with E-state index in [0.717, 1.165) is 10.4 Å². The van der Waals surface area contributed by atoms with Gasteiger partial charge >= 0.3 is 0 Å². The van der Waals surface area contributed by atoms with Crippen molar-refractivity contribution in [1.82, 2.24) is 0 Å². The van der Waals surface area contributed by atoms with Crippen molar-refractivity contribution in [3.8, 4) is 0 Å². The van der Waals surface area contributed by atoms with E-state index < -0.39 is 0 Å². The minimum absolute atomic E-state index is 0.681. The Bertz CT molecular complexity index is 374. The molecule has 0 bridgehead atoms. The van der Waals surface area contributed by atoms with E-state index in [9.17, 15) is 0 Å². The summed E-state index contributed by atoms with van der Waals surface area (Å²) >= 11 is 9.80. The van der Waals surface area contributed by atoms with Gasteiger partial charge in [-0.05, 0) is 25.0 Å². The molecule has 0 spiro atoms. The predicted octanol–water partition coefficient (Wildman–Crippen LogP) is 5.00. The summed E-state index contributed by atoms with van der Waals surface area (Å²) in [7, 11) is 2.20. The smallest absolute Gasteiger partial charge is 0.0467 e. The van der Waals surface area contributed by atoms with Crippen molar-refractivity contribution in [1.29, 1.82) is 0 Å². The predicted molar refractivity (Wildman–Crippen MR) is 79.4 cm³/mol. The van der Waals surface area contributed by atoms with Crippen LogP contribution >= 0.6 is 27.5 Å². The first-order valence-electron chi connectivity index (χ1n) is 6.30. The lowest BCUT2D eigenvalue weighted by molar-refractivity contribution is 0.427. The minimum atomic E-state index is 0.681. The van der Waals surface area contributed by atoms with Crippen molar-refractivity contribution in [2.45, 2.75) is 43.5 Å². The molecule has 1 aromatic carbocycles. The van der Waals surface area contributed by atoms with Gasteiger partial charge in [0.05, 0.1) is 0 Å².